The van der Waals surface area contributed by atoms with Crippen LogP contribution < -0.4 is 0 Å². The maximum absolute atomic E-state index is 11.5. The monoisotopic (exact) mass is 332 g/mol. The molecule has 1 fully saturated rings. The van der Waals surface area contributed by atoms with Gasteiger partial charge < -0.3 is 4.74 Å². The van der Waals surface area contributed by atoms with Crippen molar-refractivity contribution in [2.45, 2.75) is 66.7 Å². The summed E-state index contributed by atoms with van der Waals surface area (Å²) in [6, 6.07) is 0. The molecule has 24 heavy (non-hydrogen) atoms. The number of ether oxygens (including phenoxy) is 1. The van der Waals surface area contributed by atoms with E-state index < -0.39 is 0 Å². The van der Waals surface area contributed by atoms with Crippen LogP contribution in [0.5, 0.6) is 0 Å². The summed E-state index contributed by atoms with van der Waals surface area (Å²) in [5.74, 6) is 0.862. The number of hydrogen-bond acceptors (Lipinski definition) is 3. The summed E-state index contributed by atoms with van der Waals surface area (Å²) in [6.07, 6.45) is 7.91. The molecule has 0 aromatic heterocycles. The molecule has 0 heterocycles. The van der Waals surface area contributed by atoms with Gasteiger partial charge in [-0.1, -0.05) is 31.9 Å². The maximum Gasteiger partial charge on any atom is 0.330 e. The lowest BCUT2D eigenvalue weighted by Gasteiger charge is -2.54. The summed E-state index contributed by atoms with van der Waals surface area (Å²) in [6.45, 7) is 11.3. The molecule has 4 atom stereocenters. The van der Waals surface area contributed by atoms with Crippen molar-refractivity contribution in [3.05, 3.63) is 22.8 Å². The van der Waals surface area contributed by atoms with Gasteiger partial charge in [-0.3, -0.25) is 4.79 Å². The lowest BCUT2D eigenvalue weighted by molar-refractivity contribution is -0.134. The minimum absolute atomic E-state index is 0.150. The van der Waals surface area contributed by atoms with Gasteiger partial charge in [0.2, 0.25) is 0 Å². The van der Waals surface area contributed by atoms with Crippen molar-refractivity contribution < 1.29 is 14.3 Å². The first kappa shape index (κ1) is 19.0. The van der Waals surface area contributed by atoms with Crippen molar-refractivity contribution in [1.29, 1.82) is 0 Å². The third-order valence-electron chi connectivity index (χ3n) is 7.32. The van der Waals surface area contributed by atoms with Gasteiger partial charge in [0, 0.05) is 6.08 Å². The molecule has 3 nitrogen and oxygen atoms in total. The van der Waals surface area contributed by atoms with Gasteiger partial charge >= 0.3 is 5.97 Å². The average Bonchev–Trinajstić information content (AvgIpc) is 2.82. The summed E-state index contributed by atoms with van der Waals surface area (Å²) < 4.78 is 4.73. The fourth-order valence-electron chi connectivity index (χ4n) is 5.09. The number of carbonyl (C=O) groups is 2. The van der Waals surface area contributed by atoms with Crippen LogP contribution in [0.3, 0.4) is 0 Å². The van der Waals surface area contributed by atoms with Crippen LogP contribution in [0, 0.1) is 22.7 Å². The van der Waals surface area contributed by atoms with Gasteiger partial charge in [-0.2, -0.15) is 0 Å². The third-order valence-corrected chi connectivity index (χ3v) is 7.32. The van der Waals surface area contributed by atoms with Crippen molar-refractivity contribution in [2.24, 2.45) is 22.7 Å². The van der Waals surface area contributed by atoms with Crippen LogP contribution in [0.4, 0.5) is 0 Å². The minimum atomic E-state index is -0.277. The Hall–Kier alpha value is -1.38. The summed E-state index contributed by atoms with van der Waals surface area (Å²) in [7, 11) is 1.41. The van der Waals surface area contributed by atoms with E-state index in [1.807, 2.05) is 6.92 Å². The van der Waals surface area contributed by atoms with Crippen LogP contribution >= 0.6 is 0 Å². The number of rotatable bonds is 5. The van der Waals surface area contributed by atoms with Crippen molar-refractivity contribution in [3.63, 3.8) is 0 Å². The molecule has 2 aliphatic carbocycles. The molecule has 0 saturated heterocycles. The molecule has 2 aliphatic rings. The number of allylic oxidation sites excluding steroid dienone is 3. The van der Waals surface area contributed by atoms with Gasteiger partial charge in [0.15, 0.2) is 0 Å². The Balaban J connectivity index is 2.23. The molecule has 0 bridgehead atoms. The third kappa shape index (κ3) is 3.10. The van der Waals surface area contributed by atoms with E-state index in [1.165, 1.54) is 25.5 Å². The lowest BCUT2D eigenvalue weighted by atomic mass is 9.50. The lowest BCUT2D eigenvalue weighted by Crippen LogP contribution is -2.46. The summed E-state index contributed by atoms with van der Waals surface area (Å²) in [5.41, 5.74) is 3.73. The Bertz CT molecular complexity index is 586. The normalized spacial score (nSPS) is 36.5. The van der Waals surface area contributed by atoms with E-state index >= 15 is 0 Å². The summed E-state index contributed by atoms with van der Waals surface area (Å²) >= 11 is 0. The largest absolute Gasteiger partial charge is 0.466 e. The Kier molecular flexibility index (Phi) is 5.41. The molecule has 0 N–H and O–H groups in total. The topological polar surface area (TPSA) is 43.4 Å². The first-order chi connectivity index (χ1) is 11.2. The second-order valence-electron chi connectivity index (χ2n) is 8.40. The van der Waals surface area contributed by atoms with E-state index in [2.05, 4.69) is 27.7 Å². The second-order valence-corrected chi connectivity index (χ2v) is 8.40. The number of carbonyl (C=O) groups excluding carboxylic acids is 2. The standard InChI is InChI=1S/C21H32O3/c1-14(11-19(23)24-6)7-9-20(4)15(2)8-10-21(5)16(3)17(13-22)12-18(20)21/h11,13,15,18H,7-10,12H2,1-6H3/b14-11+/t15-,18-,20+,21+/m1/s1. The van der Waals surface area contributed by atoms with Crippen LogP contribution in [0.1, 0.15) is 66.7 Å². The zero-order valence-electron chi connectivity index (χ0n) is 16.1. The predicted molar refractivity (Wildman–Crippen MR) is 96.5 cm³/mol. The molecule has 0 radical (unpaired) electrons. The number of esters is 1. The quantitative estimate of drug-likeness (QED) is 0.410. The van der Waals surface area contributed by atoms with E-state index in [0.29, 0.717) is 11.8 Å². The number of aldehydes is 1. The smallest absolute Gasteiger partial charge is 0.330 e. The van der Waals surface area contributed by atoms with Gasteiger partial charge in [0.1, 0.15) is 6.29 Å². The van der Waals surface area contributed by atoms with E-state index in [4.69, 9.17) is 4.74 Å². The molecule has 0 aliphatic heterocycles. The molecule has 0 spiro atoms. The highest BCUT2D eigenvalue weighted by Gasteiger charge is 2.55. The Morgan fingerprint density at radius 1 is 1.38 bits per heavy atom. The van der Waals surface area contributed by atoms with Crippen LogP contribution in [-0.2, 0) is 14.3 Å². The summed E-state index contributed by atoms with van der Waals surface area (Å²) in [5, 5.41) is 0. The Morgan fingerprint density at radius 3 is 2.62 bits per heavy atom. The molecule has 1 saturated carbocycles. The van der Waals surface area contributed by atoms with Gasteiger partial charge in [-0.05, 0) is 74.2 Å². The second kappa shape index (κ2) is 6.85. The van der Waals surface area contributed by atoms with Gasteiger partial charge in [0.25, 0.3) is 0 Å². The Morgan fingerprint density at radius 2 is 2.04 bits per heavy atom. The number of hydrogen-bond donors (Lipinski definition) is 0. The van der Waals surface area contributed by atoms with Crippen LogP contribution in [-0.4, -0.2) is 19.4 Å². The van der Waals surface area contributed by atoms with Gasteiger partial charge in [0.05, 0.1) is 7.11 Å². The average molecular weight is 332 g/mol. The molecule has 0 aromatic rings. The fraction of sp³-hybridized carbons (Fsp3) is 0.714. The summed E-state index contributed by atoms with van der Waals surface area (Å²) in [4.78, 5) is 22.9. The zero-order chi connectivity index (χ0) is 18.1. The van der Waals surface area contributed by atoms with Crippen molar-refractivity contribution in [2.75, 3.05) is 7.11 Å². The molecule has 0 unspecified atom stereocenters. The van der Waals surface area contributed by atoms with E-state index in [0.717, 1.165) is 36.7 Å². The van der Waals surface area contributed by atoms with E-state index in [1.54, 1.807) is 6.08 Å². The highest BCUT2D eigenvalue weighted by Crippen LogP contribution is 2.64. The van der Waals surface area contributed by atoms with Crippen molar-refractivity contribution in [3.8, 4) is 0 Å². The van der Waals surface area contributed by atoms with Crippen LogP contribution in [0.25, 0.3) is 0 Å². The maximum atomic E-state index is 11.5. The fourth-order valence-corrected chi connectivity index (χ4v) is 5.09. The zero-order valence-corrected chi connectivity index (χ0v) is 16.1. The molecule has 0 amide bonds. The molecule has 0 aromatic carbocycles. The van der Waals surface area contributed by atoms with Crippen molar-refractivity contribution >= 4 is 12.3 Å². The highest BCUT2D eigenvalue weighted by molar-refractivity contribution is 5.82. The molecular weight excluding hydrogens is 300 g/mol. The van der Waals surface area contributed by atoms with E-state index in [9.17, 15) is 9.59 Å². The first-order valence-corrected chi connectivity index (χ1v) is 9.09. The van der Waals surface area contributed by atoms with Gasteiger partial charge in [-0.25, -0.2) is 4.79 Å². The Labute approximate surface area is 146 Å². The molecule has 2 rings (SSSR count). The molecular formula is C21H32O3. The minimum Gasteiger partial charge on any atom is -0.466 e. The molecule has 134 valence electrons. The highest BCUT2D eigenvalue weighted by atomic mass is 16.5. The molecule has 3 heteroatoms. The van der Waals surface area contributed by atoms with Crippen molar-refractivity contribution in [1.82, 2.24) is 0 Å². The van der Waals surface area contributed by atoms with Crippen LogP contribution in [0.15, 0.2) is 22.8 Å². The SMILES string of the molecule is COC(=O)/C=C(\C)CC[C@@]1(C)[C@H](C)CC[C@@]2(C)C(C)=C(C=O)C[C@H]12. The number of fused-ring (bicyclic) bond motifs is 1. The number of methoxy groups -OCH3 is 1. The predicted octanol–water partition coefficient (Wildman–Crippen LogP) is 4.86. The van der Waals surface area contributed by atoms with Gasteiger partial charge in [-0.15, -0.1) is 0 Å². The van der Waals surface area contributed by atoms with E-state index in [-0.39, 0.29) is 16.8 Å². The van der Waals surface area contributed by atoms with Crippen LogP contribution in [0.2, 0.25) is 0 Å². The first-order valence-electron chi connectivity index (χ1n) is 9.09.